The molecule has 0 spiro atoms. The Kier molecular flexibility index (Phi) is 10.9. The molecule has 0 aromatic rings. The van der Waals surface area contributed by atoms with Gasteiger partial charge in [-0.05, 0) is 110 Å². The third-order valence-corrected chi connectivity index (χ3v) is 17.8. The zero-order valence-electron chi connectivity index (χ0n) is 34.6. The highest BCUT2D eigenvalue weighted by Crippen LogP contribution is 2.76. The summed E-state index contributed by atoms with van der Waals surface area (Å²) in [6.07, 6.45) is -13.3. The van der Waals surface area contributed by atoms with Crippen molar-refractivity contribution in [2.45, 2.75) is 180 Å². The Labute approximate surface area is 338 Å². The van der Waals surface area contributed by atoms with Crippen molar-refractivity contribution in [3.05, 3.63) is 0 Å². The minimum atomic E-state index is -2.04. The average Bonchev–Trinajstić information content (AvgIpc) is 3.13. The highest BCUT2D eigenvalue weighted by molar-refractivity contribution is 5.85. The highest BCUT2D eigenvalue weighted by atomic mass is 16.8. The lowest BCUT2D eigenvalue weighted by atomic mass is 9.31. The van der Waals surface area contributed by atoms with E-state index in [0.29, 0.717) is 32.1 Å². The SMILES string of the molecule is CC1(C)[C@@H](O[C@H]2O[C@H](C(=O)O)[C@@H](O)[C@H](O)[C@H]2O[C@@H]2O[C@H](C(=O)O)[C@@H](O)[C@H](O)[C@H]2O)CC[C@@]2(C)[C@@H]1CC[C@]1(C)[C@@H]2C(=O)CC2[C@@H]3C[C@@](C)(C(=O)O)CC[C@]3(C)CC[C@]21C. The van der Waals surface area contributed by atoms with Crippen molar-refractivity contribution in [2.75, 3.05) is 0 Å². The largest absolute Gasteiger partial charge is 0.481 e. The van der Waals surface area contributed by atoms with Crippen LogP contribution in [0.25, 0.3) is 0 Å². The molecule has 328 valence electrons. The van der Waals surface area contributed by atoms with E-state index in [1.165, 1.54) is 0 Å². The summed E-state index contributed by atoms with van der Waals surface area (Å²) in [6, 6.07) is 0. The molecule has 58 heavy (non-hydrogen) atoms. The van der Waals surface area contributed by atoms with Gasteiger partial charge in [0.15, 0.2) is 24.8 Å². The fraction of sp³-hybridized carbons (Fsp3) is 0.905. The van der Waals surface area contributed by atoms with Gasteiger partial charge in [0.2, 0.25) is 0 Å². The number of aliphatic hydroxyl groups is 5. The number of ketones is 1. The average molecular weight is 825 g/mol. The molecule has 2 heterocycles. The maximum Gasteiger partial charge on any atom is 0.335 e. The highest BCUT2D eigenvalue weighted by Gasteiger charge is 2.72. The summed E-state index contributed by atoms with van der Waals surface area (Å²) in [5.74, 6) is -3.96. The number of hydrogen-bond acceptors (Lipinski definition) is 13. The number of carboxylic acids is 3. The van der Waals surface area contributed by atoms with Gasteiger partial charge < -0.3 is 59.8 Å². The Hall–Kier alpha value is -2.28. The molecule has 0 aromatic heterocycles. The van der Waals surface area contributed by atoms with Crippen molar-refractivity contribution in [3.63, 3.8) is 0 Å². The predicted octanol–water partition coefficient (Wildman–Crippen LogP) is 2.33. The standard InChI is InChI=1S/C42H64O16/c1-37(2)21-8-11-42(7)31(20(43)16-18-19-17-39(4,36(53)54)13-12-38(19,3)14-15-41(18,42)6)40(21,5)10-9-22(37)55-35-30(26(47)25(46)29(57-35)33(51)52)58-34-27(48)23(44)24(45)28(56-34)32(49)50/h18-19,21-31,34-35,44-48H,8-17H2,1-7H3,(H,49,50)(H,51,52)(H,53,54)/t18?,19-,21+,22-,23-,24-,25-,26-,27+,28-,29-,30+,31+,34-,35-,38+,39-,40-,41+,42+/m0/s1. The zero-order valence-corrected chi connectivity index (χ0v) is 34.6. The van der Waals surface area contributed by atoms with Gasteiger partial charge in [0.05, 0.1) is 11.5 Å². The number of fused-ring (bicyclic) bond motifs is 7. The number of carboxylic acid groups (broad SMARTS) is 3. The number of rotatable bonds is 7. The van der Waals surface area contributed by atoms with Gasteiger partial charge in [-0.2, -0.15) is 0 Å². The quantitative estimate of drug-likeness (QED) is 0.171. The summed E-state index contributed by atoms with van der Waals surface area (Å²) < 4.78 is 23.4. The van der Waals surface area contributed by atoms with E-state index < -0.39 is 102 Å². The summed E-state index contributed by atoms with van der Waals surface area (Å²) in [5, 5.41) is 83.0. The van der Waals surface area contributed by atoms with Crippen LogP contribution in [-0.4, -0.2) is 132 Å². The Morgan fingerprint density at radius 1 is 0.638 bits per heavy atom. The molecule has 7 aliphatic rings. The molecule has 20 atom stereocenters. The summed E-state index contributed by atoms with van der Waals surface area (Å²) in [6.45, 7) is 15.1. The first-order valence-electron chi connectivity index (χ1n) is 21.0. The Morgan fingerprint density at radius 3 is 1.83 bits per heavy atom. The first kappa shape index (κ1) is 43.8. The molecule has 0 amide bonds. The smallest absolute Gasteiger partial charge is 0.335 e. The summed E-state index contributed by atoms with van der Waals surface area (Å²) in [5.41, 5.74) is -2.53. The second kappa shape index (κ2) is 14.4. The van der Waals surface area contributed by atoms with Crippen molar-refractivity contribution < 1.29 is 79.0 Å². The van der Waals surface area contributed by atoms with Crippen molar-refractivity contribution in [2.24, 2.45) is 56.2 Å². The Balaban J connectivity index is 1.15. The first-order valence-corrected chi connectivity index (χ1v) is 21.0. The molecule has 1 unspecified atom stereocenters. The third-order valence-electron chi connectivity index (χ3n) is 17.8. The molecule has 0 bridgehead atoms. The van der Waals surface area contributed by atoms with Crippen LogP contribution < -0.4 is 0 Å². The zero-order chi connectivity index (χ0) is 42.9. The lowest BCUT2D eigenvalue weighted by molar-refractivity contribution is -0.371. The van der Waals surface area contributed by atoms with Gasteiger partial charge in [-0.25, -0.2) is 9.59 Å². The normalized spacial score (nSPS) is 53.9. The van der Waals surface area contributed by atoms with E-state index in [0.717, 1.165) is 32.1 Å². The molecular weight excluding hydrogens is 760 g/mol. The van der Waals surface area contributed by atoms with Crippen LogP contribution in [0.1, 0.15) is 113 Å². The van der Waals surface area contributed by atoms with E-state index in [2.05, 4.69) is 27.7 Å². The molecule has 8 N–H and O–H groups in total. The van der Waals surface area contributed by atoms with E-state index in [1.54, 1.807) is 0 Å². The summed E-state index contributed by atoms with van der Waals surface area (Å²) in [7, 11) is 0. The number of aliphatic carboxylic acids is 3. The Morgan fingerprint density at radius 2 is 1.22 bits per heavy atom. The van der Waals surface area contributed by atoms with Gasteiger partial charge in [-0.3, -0.25) is 9.59 Å². The second-order valence-corrected chi connectivity index (χ2v) is 21.0. The Bertz CT molecular complexity index is 1670. The number of carbonyl (C=O) groups excluding carboxylic acids is 1. The fourth-order valence-electron chi connectivity index (χ4n) is 14.1. The molecule has 7 fully saturated rings. The van der Waals surface area contributed by atoms with Gasteiger partial charge in [-0.15, -0.1) is 0 Å². The van der Waals surface area contributed by atoms with Crippen LogP contribution >= 0.6 is 0 Å². The van der Waals surface area contributed by atoms with Gasteiger partial charge in [0.25, 0.3) is 0 Å². The van der Waals surface area contributed by atoms with E-state index in [1.807, 2.05) is 20.8 Å². The lowest BCUT2D eigenvalue weighted by Gasteiger charge is -2.73. The van der Waals surface area contributed by atoms with Crippen LogP contribution in [0.3, 0.4) is 0 Å². The molecule has 16 nitrogen and oxygen atoms in total. The van der Waals surface area contributed by atoms with Crippen LogP contribution in [0, 0.1) is 56.2 Å². The number of Topliss-reactive ketones (excluding diaryl/α,β-unsaturated/α-hetero) is 1. The summed E-state index contributed by atoms with van der Waals surface area (Å²) >= 11 is 0. The number of aliphatic hydroxyl groups excluding tert-OH is 5. The number of carbonyl (C=O) groups is 4. The lowest BCUT2D eigenvalue weighted by Crippen LogP contribution is -2.70. The van der Waals surface area contributed by atoms with Crippen LogP contribution in [0.5, 0.6) is 0 Å². The van der Waals surface area contributed by atoms with E-state index in [9.17, 15) is 60.0 Å². The van der Waals surface area contributed by atoms with E-state index in [-0.39, 0.29) is 45.7 Å². The number of hydrogen-bond donors (Lipinski definition) is 8. The van der Waals surface area contributed by atoms with E-state index in [4.69, 9.17) is 18.9 Å². The van der Waals surface area contributed by atoms with Crippen molar-refractivity contribution in [1.29, 1.82) is 0 Å². The molecule has 2 aliphatic heterocycles. The van der Waals surface area contributed by atoms with Crippen LogP contribution in [-0.2, 0) is 38.1 Å². The van der Waals surface area contributed by atoms with Crippen molar-refractivity contribution in [1.82, 2.24) is 0 Å². The molecule has 0 radical (unpaired) electrons. The molecule has 16 heteroatoms. The fourth-order valence-corrected chi connectivity index (χ4v) is 14.1. The van der Waals surface area contributed by atoms with Gasteiger partial charge in [0, 0.05) is 12.3 Å². The second-order valence-electron chi connectivity index (χ2n) is 21.0. The van der Waals surface area contributed by atoms with Crippen molar-refractivity contribution in [3.8, 4) is 0 Å². The topological polar surface area (TPSA) is 267 Å². The third kappa shape index (κ3) is 6.32. The molecular formula is C42H64O16. The number of ether oxygens (including phenoxy) is 4. The predicted molar refractivity (Wildman–Crippen MR) is 199 cm³/mol. The molecule has 2 saturated heterocycles. The molecule has 7 rings (SSSR count). The van der Waals surface area contributed by atoms with Gasteiger partial charge >= 0.3 is 17.9 Å². The molecule has 5 saturated carbocycles. The van der Waals surface area contributed by atoms with Crippen LogP contribution in [0.15, 0.2) is 0 Å². The molecule has 5 aliphatic carbocycles. The van der Waals surface area contributed by atoms with Gasteiger partial charge in [-0.1, -0.05) is 41.5 Å². The first-order chi connectivity index (χ1) is 26.8. The maximum atomic E-state index is 14.9. The maximum absolute atomic E-state index is 14.9. The van der Waals surface area contributed by atoms with Crippen molar-refractivity contribution >= 4 is 23.7 Å². The minimum Gasteiger partial charge on any atom is -0.481 e. The monoisotopic (exact) mass is 824 g/mol. The summed E-state index contributed by atoms with van der Waals surface area (Å²) in [4.78, 5) is 51.4. The van der Waals surface area contributed by atoms with Gasteiger partial charge in [0.1, 0.15) is 42.4 Å². The van der Waals surface area contributed by atoms with E-state index >= 15 is 0 Å². The molecule has 0 aromatic carbocycles. The minimum absolute atomic E-state index is 0.0205. The van der Waals surface area contributed by atoms with Crippen LogP contribution in [0.2, 0.25) is 0 Å². The van der Waals surface area contributed by atoms with Crippen LogP contribution in [0.4, 0.5) is 0 Å².